The van der Waals surface area contributed by atoms with E-state index >= 15 is 0 Å². The Hall–Kier alpha value is -2.85. The van der Waals surface area contributed by atoms with Crippen molar-refractivity contribution in [1.29, 1.82) is 0 Å². The van der Waals surface area contributed by atoms with Crippen LogP contribution in [0.25, 0.3) is 0 Å². The Morgan fingerprint density at radius 1 is 0.720 bits per heavy atom. The number of hydrogen-bond donors (Lipinski definition) is 1. The fourth-order valence-electron chi connectivity index (χ4n) is 2.47. The van der Waals surface area contributed by atoms with Gasteiger partial charge in [-0.15, -0.1) is 11.8 Å². The van der Waals surface area contributed by atoms with Gasteiger partial charge in [0.15, 0.2) is 5.78 Å². The lowest BCUT2D eigenvalue weighted by molar-refractivity contribution is 0.102. The van der Waals surface area contributed by atoms with Gasteiger partial charge in [-0.3, -0.25) is 9.59 Å². The van der Waals surface area contributed by atoms with Gasteiger partial charge in [0, 0.05) is 21.6 Å². The molecule has 0 atom stereocenters. The molecule has 0 aromatic heterocycles. The van der Waals surface area contributed by atoms with Crippen LogP contribution in [0.2, 0.25) is 0 Å². The van der Waals surface area contributed by atoms with Crippen molar-refractivity contribution in [3.05, 3.63) is 95.6 Å². The zero-order valence-corrected chi connectivity index (χ0v) is 14.5. The maximum atomic E-state index is 12.4. The Bertz CT molecular complexity index is 889. The number of amides is 1. The molecule has 0 aliphatic heterocycles. The van der Waals surface area contributed by atoms with Gasteiger partial charge in [0.2, 0.25) is 0 Å². The van der Waals surface area contributed by atoms with Crippen LogP contribution in [0.15, 0.2) is 83.8 Å². The van der Waals surface area contributed by atoms with Gasteiger partial charge in [0.25, 0.3) is 5.91 Å². The molecule has 0 bridgehead atoms. The number of carbonyl (C=O) groups excluding carboxylic acids is 2. The number of nitrogens with one attached hydrogen (secondary N) is 1. The van der Waals surface area contributed by atoms with Crippen molar-refractivity contribution in [3.8, 4) is 0 Å². The summed E-state index contributed by atoms with van der Waals surface area (Å²) < 4.78 is 0. The van der Waals surface area contributed by atoms with Gasteiger partial charge in [-0.2, -0.15) is 0 Å². The van der Waals surface area contributed by atoms with E-state index in [0.29, 0.717) is 16.7 Å². The molecule has 3 nitrogen and oxygen atoms in total. The van der Waals surface area contributed by atoms with Crippen molar-refractivity contribution in [1.82, 2.24) is 0 Å². The highest BCUT2D eigenvalue weighted by molar-refractivity contribution is 7.98. The molecule has 3 aromatic carbocycles. The van der Waals surface area contributed by atoms with Gasteiger partial charge in [-0.05, 0) is 30.5 Å². The summed E-state index contributed by atoms with van der Waals surface area (Å²) in [6.45, 7) is 0. The first-order valence-electron chi connectivity index (χ1n) is 7.83. The first-order valence-corrected chi connectivity index (χ1v) is 9.05. The average Bonchev–Trinajstić information content (AvgIpc) is 2.68. The molecule has 3 aromatic rings. The van der Waals surface area contributed by atoms with Crippen molar-refractivity contribution in [3.63, 3.8) is 0 Å². The van der Waals surface area contributed by atoms with Gasteiger partial charge in [-0.25, -0.2) is 0 Å². The third-order valence-electron chi connectivity index (χ3n) is 3.80. The van der Waals surface area contributed by atoms with Gasteiger partial charge in [-0.1, -0.05) is 54.6 Å². The smallest absolute Gasteiger partial charge is 0.255 e. The maximum absolute atomic E-state index is 12.4. The number of anilines is 1. The van der Waals surface area contributed by atoms with Crippen LogP contribution in [-0.2, 0) is 0 Å². The molecule has 0 unspecified atom stereocenters. The van der Waals surface area contributed by atoms with Crippen LogP contribution >= 0.6 is 11.8 Å². The molecule has 0 spiro atoms. The Kier molecular flexibility index (Phi) is 5.31. The van der Waals surface area contributed by atoms with E-state index in [1.54, 1.807) is 48.2 Å². The molecule has 4 heteroatoms. The summed E-state index contributed by atoms with van der Waals surface area (Å²) in [6, 6.07) is 23.5. The topological polar surface area (TPSA) is 46.2 Å². The SMILES string of the molecule is CSc1ccccc1NC(=O)c1ccc(C(=O)c2ccccc2)cc1. The molecule has 1 amide bonds. The largest absolute Gasteiger partial charge is 0.321 e. The van der Waals surface area contributed by atoms with Crippen molar-refractivity contribution >= 4 is 29.1 Å². The summed E-state index contributed by atoms with van der Waals surface area (Å²) in [5.74, 6) is -0.250. The zero-order chi connectivity index (χ0) is 17.6. The van der Waals surface area contributed by atoms with E-state index < -0.39 is 0 Å². The van der Waals surface area contributed by atoms with Crippen LogP contribution in [0, 0.1) is 0 Å². The molecule has 0 heterocycles. The fraction of sp³-hybridized carbons (Fsp3) is 0.0476. The second-order valence-corrected chi connectivity index (χ2v) is 6.27. The average molecular weight is 347 g/mol. The molecule has 3 rings (SSSR count). The highest BCUT2D eigenvalue weighted by Gasteiger charge is 2.12. The number of hydrogen-bond acceptors (Lipinski definition) is 3. The van der Waals surface area contributed by atoms with Gasteiger partial charge in [0.1, 0.15) is 0 Å². The second-order valence-electron chi connectivity index (χ2n) is 5.43. The number of carbonyl (C=O) groups is 2. The number of rotatable bonds is 5. The van der Waals surface area contributed by atoms with E-state index in [9.17, 15) is 9.59 Å². The fourth-order valence-corrected chi connectivity index (χ4v) is 3.03. The second kappa shape index (κ2) is 7.81. The molecular weight excluding hydrogens is 330 g/mol. The van der Waals surface area contributed by atoms with Crippen molar-refractivity contribution in [2.45, 2.75) is 4.90 Å². The highest BCUT2D eigenvalue weighted by Crippen LogP contribution is 2.25. The van der Waals surface area contributed by atoms with Crippen molar-refractivity contribution < 1.29 is 9.59 Å². The van der Waals surface area contributed by atoms with Crippen LogP contribution in [0.5, 0.6) is 0 Å². The summed E-state index contributed by atoms with van der Waals surface area (Å²) in [7, 11) is 0. The minimum Gasteiger partial charge on any atom is -0.321 e. The van der Waals surface area contributed by atoms with Crippen molar-refractivity contribution in [2.24, 2.45) is 0 Å². The van der Waals surface area contributed by atoms with Crippen molar-refractivity contribution in [2.75, 3.05) is 11.6 Å². The van der Waals surface area contributed by atoms with E-state index in [1.165, 1.54) is 0 Å². The molecule has 124 valence electrons. The predicted octanol–water partition coefficient (Wildman–Crippen LogP) is 4.89. The van der Waals surface area contributed by atoms with Gasteiger partial charge in [0.05, 0.1) is 5.69 Å². The molecule has 0 aliphatic carbocycles. The van der Waals surface area contributed by atoms with Gasteiger partial charge < -0.3 is 5.32 Å². The molecule has 0 saturated carbocycles. The molecular formula is C21H17NO2S. The van der Waals surface area contributed by atoms with Crippen LogP contribution in [-0.4, -0.2) is 17.9 Å². The number of thioether (sulfide) groups is 1. The number of ketones is 1. The summed E-state index contributed by atoms with van der Waals surface area (Å²) in [5.41, 5.74) is 2.49. The summed E-state index contributed by atoms with van der Waals surface area (Å²) >= 11 is 1.58. The zero-order valence-electron chi connectivity index (χ0n) is 13.7. The quantitative estimate of drug-likeness (QED) is 0.528. The Morgan fingerprint density at radius 2 is 1.28 bits per heavy atom. The van der Waals surface area contributed by atoms with E-state index in [0.717, 1.165) is 10.6 Å². The monoisotopic (exact) mass is 347 g/mol. The van der Waals surface area contributed by atoms with E-state index in [2.05, 4.69) is 5.32 Å². The first kappa shape index (κ1) is 17.0. The van der Waals surface area contributed by atoms with E-state index in [1.807, 2.05) is 48.7 Å². The minimum absolute atomic E-state index is 0.0553. The molecule has 0 saturated heterocycles. The van der Waals surface area contributed by atoms with E-state index in [4.69, 9.17) is 0 Å². The van der Waals surface area contributed by atoms with Crippen LogP contribution < -0.4 is 5.32 Å². The first-order chi connectivity index (χ1) is 12.2. The third kappa shape index (κ3) is 3.98. The summed E-state index contributed by atoms with van der Waals surface area (Å²) in [6.07, 6.45) is 1.97. The minimum atomic E-state index is -0.194. The number of para-hydroxylation sites is 1. The van der Waals surface area contributed by atoms with E-state index in [-0.39, 0.29) is 11.7 Å². The molecule has 0 aliphatic rings. The summed E-state index contributed by atoms with van der Waals surface area (Å²) in [4.78, 5) is 25.8. The third-order valence-corrected chi connectivity index (χ3v) is 4.60. The van der Waals surface area contributed by atoms with Crippen LogP contribution in [0.1, 0.15) is 26.3 Å². The standard InChI is InChI=1S/C21H17NO2S/c1-25-19-10-6-5-9-18(19)22-21(24)17-13-11-16(12-14-17)20(23)15-7-3-2-4-8-15/h2-14H,1H3,(H,22,24). The lowest BCUT2D eigenvalue weighted by atomic mass is 10.0. The van der Waals surface area contributed by atoms with Gasteiger partial charge >= 0.3 is 0 Å². The normalized spacial score (nSPS) is 10.3. The Morgan fingerprint density at radius 3 is 1.96 bits per heavy atom. The van der Waals surface area contributed by atoms with Crippen LogP contribution in [0.3, 0.4) is 0 Å². The predicted molar refractivity (Wildman–Crippen MR) is 102 cm³/mol. The summed E-state index contributed by atoms with van der Waals surface area (Å²) in [5, 5.41) is 2.91. The molecule has 0 fully saturated rings. The Balaban J connectivity index is 1.76. The molecule has 1 N–H and O–H groups in total. The maximum Gasteiger partial charge on any atom is 0.255 e. The Labute approximate surface area is 151 Å². The number of benzene rings is 3. The lowest BCUT2D eigenvalue weighted by Crippen LogP contribution is -2.12. The molecule has 25 heavy (non-hydrogen) atoms. The molecule has 0 radical (unpaired) electrons. The lowest BCUT2D eigenvalue weighted by Gasteiger charge is -2.09. The van der Waals surface area contributed by atoms with Crippen LogP contribution in [0.4, 0.5) is 5.69 Å². The highest BCUT2D eigenvalue weighted by atomic mass is 32.2.